The zero-order valence-corrected chi connectivity index (χ0v) is 9.22. The van der Waals surface area contributed by atoms with E-state index in [2.05, 4.69) is 43.6 Å². The molecule has 0 N–H and O–H groups in total. The van der Waals surface area contributed by atoms with Gasteiger partial charge in [-0.3, -0.25) is 4.90 Å². The Morgan fingerprint density at radius 1 is 1.33 bits per heavy atom. The minimum absolute atomic E-state index is 0.443. The van der Waals surface area contributed by atoms with Gasteiger partial charge >= 0.3 is 0 Å². The normalized spacial score (nSPS) is 24.8. The van der Waals surface area contributed by atoms with Gasteiger partial charge in [-0.05, 0) is 53.0 Å². The quantitative estimate of drug-likeness (QED) is 0.513. The fourth-order valence-corrected chi connectivity index (χ4v) is 2.05. The first-order valence-corrected chi connectivity index (χ1v) is 5.16. The van der Waals surface area contributed by atoms with Crippen LogP contribution in [0.15, 0.2) is 0 Å². The summed E-state index contributed by atoms with van der Waals surface area (Å²) in [4.78, 5) is 4.60. The number of hydrogen-bond donors (Lipinski definition) is 1. The van der Waals surface area contributed by atoms with Gasteiger partial charge in [-0.15, -0.1) is 0 Å². The number of hydrogen-bond acceptors (Lipinski definition) is 3. The van der Waals surface area contributed by atoms with Crippen LogP contribution < -0.4 is 0 Å². The summed E-state index contributed by atoms with van der Waals surface area (Å²) in [5.74, 6) is 0.777. The second-order valence-corrected chi connectivity index (χ2v) is 4.55. The fourth-order valence-electron chi connectivity index (χ4n) is 1.75. The van der Waals surface area contributed by atoms with Crippen molar-refractivity contribution in [3.05, 3.63) is 0 Å². The summed E-state index contributed by atoms with van der Waals surface area (Å²) >= 11 is 4.60. The molecular weight excluding hydrogens is 168 g/mol. The number of nitrogens with zero attached hydrogens (tertiary/aromatic N) is 2. The number of thiol groups is 1. The smallest absolute Gasteiger partial charge is 0.0551 e. The predicted octanol–water partition coefficient (Wildman–Crippen LogP) is 1.15. The Labute approximate surface area is 81.3 Å². The first-order valence-electron chi connectivity index (χ1n) is 4.64. The highest BCUT2D eigenvalue weighted by Gasteiger charge is 2.23. The lowest BCUT2D eigenvalue weighted by molar-refractivity contribution is 0.175. The molecule has 1 rings (SSSR count). The Morgan fingerprint density at radius 3 is 2.25 bits per heavy atom. The number of rotatable bonds is 2. The molecule has 3 heteroatoms. The third kappa shape index (κ3) is 2.64. The monoisotopic (exact) mass is 188 g/mol. The van der Waals surface area contributed by atoms with E-state index in [0.29, 0.717) is 5.37 Å². The first kappa shape index (κ1) is 10.4. The molecule has 1 unspecified atom stereocenters. The van der Waals surface area contributed by atoms with Crippen LogP contribution in [0.3, 0.4) is 0 Å². The van der Waals surface area contributed by atoms with Gasteiger partial charge in [0.15, 0.2) is 0 Å². The Morgan fingerprint density at radius 2 is 1.83 bits per heavy atom. The largest absolute Gasteiger partial charge is 0.306 e. The third-order valence-corrected chi connectivity index (χ3v) is 3.60. The maximum absolute atomic E-state index is 4.60. The van der Waals surface area contributed by atoms with Crippen LogP contribution in [0.1, 0.15) is 12.8 Å². The number of likely N-dealkylation sites (tertiary alicyclic amines) is 1. The van der Waals surface area contributed by atoms with Gasteiger partial charge in [0.1, 0.15) is 0 Å². The van der Waals surface area contributed by atoms with Gasteiger partial charge in [0.25, 0.3) is 0 Å². The second kappa shape index (κ2) is 4.49. The Hall–Kier alpha value is 0.270. The summed E-state index contributed by atoms with van der Waals surface area (Å²) in [6.07, 6.45) is 2.59. The Bertz CT molecular complexity index is 130. The molecule has 1 aliphatic heterocycles. The molecule has 1 fully saturated rings. The van der Waals surface area contributed by atoms with Crippen LogP contribution in [-0.4, -0.2) is 49.4 Å². The van der Waals surface area contributed by atoms with Crippen molar-refractivity contribution < 1.29 is 0 Å². The highest BCUT2D eigenvalue weighted by molar-refractivity contribution is 7.80. The van der Waals surface area contributed by atoms with Crippen molar-refractivity contribution >= 4 is 12.6 Å². The van der Waals surface area contributed by atoms with E-state index in [1.807, 2.05) is 0 Å². The number of piperidine rings is 1. The van der Waals surface area contributed by atoms with Crippen molar-refractivity contribution in [1.82, 2.24) is 9.80 Å². The average Bonchev–Trinajstić information content (AvgIpc) is 2.04. The van der Waals surface area contributed by atoms with Crippen molar-refractivity contribution in [3.63, 3.8) is 0 Å². The molecule has 0 saturated carbocycles. The SMILES string of the molecule is CN1CCC(C(S)N(C)C)CC1. The Balaban J connectivity index is 2.34. The van der Waals surface area contributed by atoms with E-state index in [9.17, 15) is 0 Å². The molecule has 2 nitrogen and oxygen atoms in total. The molecule has 0 aliphatic carbocycles. The van der Waals surface area contributed by atoms with Gasteiger partial charge in [0.2, 0.25) is 0 Å². The minimum atomic E-state index is 0.443. The van der Waals surface area contributed by atoms with Crippen LogP contribution in [0.2, 0.25) is 0 Å². The standard InChI is InChI=1S/C9H20N2S/c1-10(2)9(12)8-4-6-11(3)7-5-8/h8-9,12H,4-7H2,1-3H3. The molecule has 1 atom stereocenters. The van der Waals surface area contributed by atoms with E-state index in [-0.39, 0.29) is 0 Å². The molecular formula is C9H20N2S. The van der Waals surface area contributed by atoms with Crippen LogP contribution in [-0.2, 0) is 0 Å². The van der Waals surface area contributed by atoms with Crippen molar-refractivity contribution in [2.45, 2.75) is 18.2 Å². The predicted molar refractivity (Wildman–Crippen MR) is 56.7 cm³/mol. The summed E-state index contributed by atoms with van der Waals surface area (Å²) in [6, 6.07) is 0. The molecule has 0 aromatic heterocycles. The van der Waals surface area contributed by atoms with Crippen LogP contribution in [0.5, 0.6) is 0 Å². The van der Waals surface area contributed by atoms with E-state index in [0.717, 1.165) is 5.92 Å². The Kier molecular flexibility index (Phi) is 3.87. The average molecular weight is 188 g/mol. The van der Waals surface area contributed by atoms with Gasteiger partial charge in [0.05, 0.1) is 5.37 Å². The molecule has 0 aromatic carbocycles. The lowest BCUT2D eigenvalue weighted by atomic mass is 9.96. The van der Waals surface area contributed by atoms with Gasteiger partial charge in [-0.1, -0.05) is 0 Å². The molecule has 0 spiro atoms. The van der Waals surface area contributed by atoms with E-state index < -0.39 is 0 Å². The van der Waals surface area contributed by atoms with Crippen LogP contribution in [0, 0.1) is 5.92 Å². The first-order chi connectivity index (χ1) is 5.61. The molecule has 72 valence electrons. The molecule has 0 aromatic rings. The van der Waals surface area contributed by atoms with Crippen LogP contribution >= 0.6 is 12.6 Å². The molecule has 1 saturated heterocycles. The van der Waals surface area contributed by atoms with E-state index in [1.54, 1.807) is 0 Å². The summed E-state index contributed by atoms with van der Waals surface area (Å²) in [5.41, 5.74) is 0. The summed E-state index contributed by atoms with van der Waals surface area (Å²) in [5, 5.41) is 0.443. The molecule has 0 amide bonds. The highest BCUT2D eigenvalue weighted by atomic mass is 32.1. The summed E-state index contributed by atoms with van der Waals surface area (Å²) < 4.78 is 0. The summed E-state index contributed by atoms with van der Waals surface area (Å²) in [7, 11) is 6.41. The van der Waals surface area contributed by atoms with Gasteiger partial charge in [0, 0.05) is 0 Å². The zero-order valence-electron chi connectivity index (χ0n) is 8.32. The maximum atomic E-state index is 4.60. The van der Waals surface area contributed by atoms with Gasteiger partial charge in [-0.2, -0.15) is 12.6 Å². The lowest BCUT2D eigenvalue weighted by Crippen LogP contribution is -2.38. The fraction of sp³-hybridized carbons (Fsp3) is 1.00. The minimum Gasteiger partial charge on any atom is -0.306 e. The molecule has 1 heterocycles. The van der Waals surface area contributed by atoms with Crippen molar-refractivity contribution in [2.75, 3.05) is 34.2 Å². The van der Waals surface area contributed by atoms with Crippen LogP contribution in [0.4, 0.5) is 0 Å². The topological polar surface area (TPSA) is 6.48 Å². The molecule has 12 heavy (non-hydrogen) atoms. The van der Waals surface area contributed by atoms with Gasteiger partial charge < -0.3 is 4.90 Å². The lowest BCUT2D eigenvalue weighted by Gasteiger charge is -2.34. The maximum Gasteiger partial charge on any atom is 0.0551 e. The third-order valence-electron chi connectivity index (χ3n) is 2.71. The van der Waals surface area contributed by atoms with E-state index >= 15 is 0 Å². The zero-order chi connectivity index (χ0) is 9.14. The van der Waals surface area contributed by atoms with Crippen molar-refractivity contribution in [1.29, 1.82) is 0 Å². The van der Waals surface area contributed by atoms with Gasteiger partial charge in [-0.25, -0.2) is 0 Å². The summed E-state index contributed by atoms with van der Waals surface area (Å²) in [6.45, 7) is 2.46. The molecule has 0 bridgehead atoms. The van der Waals surface area contributed by atoms with E-state index in [4.69, 9.17) is 0 Å². The second-order valence-electron chi connectivity index (χ2n) is 4.02. The molecule has 0 radical (unpaired) electrons. The van der Waals surface area contributed by atoms with Crippen molar-refractivity contribution in [2.24, 2.45) is 5.92 Å². The highest BCUT2D eigenvalue weighted by Crippen LogP contribution is 2.24. The molecule has 1 aliphatic rings. The van der Waals surface area contributed by atoms with E-state index in [1.165, 1.54) is 25.9 Å². The van der Waals surface area contributed by atoms with Crippen LogP contribution in [0.25, 0.3) is 0 Å². The van der Waals surface area contributed by atoms with Crippen molar-refractivity contribution in [3.8, 4) is 0 Å².